The molecule has 0 spiro atoms. The van der Waals surface area contributed by atoms with Crippen molar-refractivity contribution in [3.63, 3.8) is 0 Å². The van der Waals surface area contributed by atoms with E-state index in [-0.39, 0.29) is 0 Å². The molecule has 0 unspecified atom stereocenters. The largest absolute Gasteiger partial charge is 0.342 e. The van der Waals surface area contributed by atoms with Gasteiger partial charge in [0.05, 0.1) is 11.4 Å². The smallest absolute Gasteiger partial charge is 0.116 e. The maximum atomic E-state index is 4.59. The summed E-state index contributed by atoms with van der Waals surface area (Å²) in [7, 11) is 0. The van der Waals surface area contributed by atoms with Gasteiger partial charge in [-0.3, -0.25) is 0 Å². The molecule has 0 radical (unpaired) electrons. The van der Waals surface area contributed by atoms with Crippen LogP contribution in [0.25, 0.3) is 22.5 Å². The SMILES string of the molecule is c1ccc(Cn2cc3c(c2-c2ccccc2)CCc2cncnc2-3)cc1. The zero-order chi connectivity index (χ0) is 17.3. The van der Waals surface area contributed by atoms with Gasteiger partial charge in [0.15, 0.2) is 0 Å². The Morgan fingerprint density at radius 2 is 1.65 bits per heavy atom. The van der Waals surface area contributed by atoms with Crippen LogP contribution < -0.4 is 0 Å². The van der Waals surface area contributed by atoms with E-state index in [0.29, 0.717) is 0 Å². The maximum Gasteiger partial charge on any atom is 0.116 e. The van der Waals surface area contributed by atoms with E-state index in [1.165, 1.54) is 33.5 Å². The lowest BCUT2D eigenvalue weighted by molar-refractivity contribution is 0.810. The van der Waals surface area contributed by atoms with Crippen molar-refractivity contribution in [1.29, 1.82) is 0 Å². The first kappa shape index (κ1) is 15.1. The highest BCUT2D eigenvalue weighted by Gasteiger charge is 2.24. The van der Waals surface area contributed by atoms with E-state index in [2.05, 4.69) is 81.4 Å². The molecule has 5 rings (SSSR count). The molecule has 3 nitrogen and oxygen atoms in total. The van der Waals surface area contributed by atoms with Gasteiger partial charge in [-0.1, -0.05) is 60.7 Å². The number of fused-ring (bicyclic) bond motifs is 3. The lowest BCUT2D eigenvalue weighted by atomic mass is 9.90. The van der Waals surface area contributed by atoms with Gasteiger partial charge in [0.1, 0.15) is 6.33 Å². The lowest BCUT2D eigenvalue weighted by Gasteiger charge is -2.16. The Kier molecular flexibility index (Phi) is 3.64. The summed E-state index contributed by atoms with van der Waals surface area (Å²) in [6, 6.07) is 21.3. The molecule has 1 aliphatic carbocycles. The lowest BCUT2D eigenvalue weighted by Crippen LogP contribution is -2.05. The topological polar surface area (TPSA) is 30.7 Å². The maximum absolute atomic E-state index is 4.59. The number of aryl methyl sites for hydroxylation is 1. The molecule has 126 valence electrons. The van der Waals surface area contributed by atoms with Crippen LogP contribution in [0.5, 0.6) is 0 Å². The summed E-state index contributed by atoms with van der Waals surface area (Å²) in [5, 5.41) is 0. The summed E-state index contributed by atoms with van der Waals surface area (Å²) in [4.78, 5) is 8.80. The summed E-state index contributed by atoms with van der Waals surface area (Å²) in [5.74, 6) is 0. The second kappa shape index (κ2) is 6.26. The van der Waals surface area contributed by atoms with E-state index in [9.17, 15) is 0 Å². The van der Waals surface area contributed by atoms with E-state index >= 15 is 0 Å². The highest BCUT2D eigenvalue weighted by molar-refractivity contribution is 5.79. The Hall–Kier alpha value is -3.20. The van der Waals surface area contributed by atoms with Crippen LogP contribution in [0.15, 0.2) is 79.4 Å². The van der Waals surface area contributed by atoms with Crippen LogP contribution in [-0.2, 0) is 19.4 Å². The highest BCUT2D eigenvalue weighted by atomic mass is 15.0. The Morgan fingerprint density at radius 3 is 2.46 bits per heavy atom. The first-order valence-electron chi connectivity index (χ1n) is 9.01. The summed E-state index contributed by atoms with van der Waals surface area (Å²) >= 11 is 0. The zero-order valence-electron chi connectivity index (χ0n) is 14.5. The summed E-state index contributed by atoms with van der Waals surface area (Å²) in [6.07, 6.45) is 7.92. The van der Waals surface area contributed by atoms with E-state index in [4.69, 9.17) is 0 Å². The summed E-state index contributed by atoms with van der Waals surface area (Å²) in [6.45, 7) is 0.860. The predicted octanol–water partition coefficient (Wildman–Crippen LogP) is 4.76. The van der Waals surface area contributed by atoms with Crippen LogP contribution in [0, 0.1) is 0 Å². The second-order valence-electron chi connectivity index (χ2n) is 6.75. The molecule has 3 heteroatoms. The van der Waals surface area contributed by atoms with Crippen molar-refractivity contribution in [1.82, 2.24) is 14.5 Å². The van der Waals surface area contributed by atoms with Crippen molar-refractivity contribution in [2.24, 2.45) is 0 Å². The number of aromatic nitrogens is 3. The first-order valence-corrected chi connectivity index (χ1v) is 9.01. The van der Waals surface area contributed by atoms with Crippen LogP contribution in [-0.4, -0.2) is 14.5 Å². The zero-order valence-corrected chi connectivity index (χ0v) is 14.5. The molecular formula is C23H19N3. The van der Waals surface area contributed by atoms with Gasteiger partial charge in [-0.05, 0) is 35.1 Å². The van der Waals surface area contributed by atoms with Gasteiger partial charge < -0.3 is 4.57 Å². The number of nitrogens with zero attached hydrogens (tertiary/aromatic N) is 3. The number of hydrogen-bond donors (Lipinski definition) is 0. The van der Waals surface area contributed by atoms with Gasteiger partial charge in [-0.25, -0.2) is 9.97 Å². The third-order valence-electron chi connectivity index (χ3n) is 5.11. The molecule has 0 amide bonds. The van der Waals surface area contributed by atoms with Crippen LogP contribution in [0.2, 0.25) is 0 Å². The molecule has 26 heavy (non-hydrogen) atoms. The van der Waals surface area contributed by atoms with E-state index < -0.39 is 0 Å². The third kappa shape index (κ3) is 2.53. The average molecular weight is 337 g/mol. The monoisotopic (exact) mass is 337 g/mol. The van der Waals surface area contributed by atoms with E-state index in [1.807, 2.05) is 6.20 Å². The minimum Gasteiger partial charge on any atom is -0.342 e. The van der Waals surface area contributed by atoms with E-state index in [0.717, 1.165) is 25.1 Å². The first-order chi connectivity index (χ1) is 12.9. The van der Waals surface area contributed by atoms with Gasteiger partial charge in [-0.2, -0.15) is 0 Å². The Morgan fingerprint density at radius 1 is 0.885 bits per heavy atom. The normalized spacial score (nSPS) is 12.5. The Labute approximate surface area is 153 Å². The van der Waals surface area contributed by atoms with Crippen molar-refractivity contribution < 1.29 is 0 Å². The second-order valence-corrected chi connectivity index (χ2v) is 6.75. The fraction of sp³-hybridized carbons (Fsp3) is 0.130. The van der Waals surface area contributed by atoms with Crippen LogP contribution in [0.4, 0.5) is 0 Å². The third-order valence-corrected chi connectivity index (χ3v) is 5.11. The van der Waals surface area contributed by atoms with Crippen molar-refractivity contribution in [2.75, 3.05) is 0 Å². The Balaban J connectivity index is 1.71. The molecule has 0 atom stereocenters. The van der Waals surface area contributed by atoms with Crippen LogP contribution in [0.1, 0.15) is 16.7 Å². The standard InChI is InChI=1S/C23H19N3/c1-3-7-17(8-4-1)14-26-15-21-20(23(26)18-9-5-2-6-10-18)12-11-19-13-24-16-25-22(19)21/h1-10,13,15-16H,11-12,14H2. The van der Waals surface area contributed by atoms with Crippen molar-refractivity contribution >= 4 is 0 Å². The van der Waals surface area contributed by atoms with Crippen molar-refractivity contribution in [3.8, 4) is 22.5 Å². The highest BCUT2D eigenvalue weighted by Crippen LogP contribution is 2.39. The molecule has 0 fully saturated rings. The molecule has 2 aromatic carbocycles. The summed E-state index contributed by atoms with van der Waals surface area (Å²) in [5.41, 5.74) is 8.87. The van der Waals surface area contributed by atoms with Gasteiger partial charge >= 0.3 is 0 Å². The fourth-order valence-corrected chi connectivity index (χ4v) is 3.94. The predicted molar refractivity (Wildman–Crippen MR) is 104 cm³/mol. The number of benzene rings is 2. The van der Waals surface area contributed by atoms with Gasteiger partial charge in [-0.15, -0.1) is 0 Å². The number of hydrogen-bond acceptors (Lipinski definition) is 2. The van der Waals surface area contributed by atoms with Gasteiger partial charge in [0.2, 0.25) is 0 Å². The van der Waals surface area contributed by atoms with Crippen molar-refractivity contribution in [3.05, 3.63) is 96.1 Å². The number of rotatable bonds is 3. The quantitative estimate of drug-likeness (QED) is 0.540. The average Bonchev–Trinajstić information content (AvgIpc) is 3.08. The van der Waals surface area contributed by atoms with E-state index in [1.54, 1.807) is 6.33 Å². The molecule has 0 saturated carbocycles. The summed E-state index contributed by atoms with van der Waals surface area (Å²) < 4.78 is 2.38. The Bertz CT molecular complexity index is 1050. The van der Waals surface area contributed by atoms with Crippen LogP contribution >= 0.6 is 0 Å². The minimum absolute atomic E-state index is 0.860. The molecule has 2 heterocycles. The van der Waals surface area contributed by atoms with Crippen LogP contribution in [0.3, 0.4) is 0 Å². The molecule has 0 N–H and O–H groups in total. The van der Waals surface area contributed by atoms with Crippen molar-refractivity contribution in [2.45, 2.75) is 19.4 Å². The molecule has 4 aromatic rings. The molecule has 0 aliphatic heterocycles. The molecular weight excluding hydrogens is 318 g/mol. The fourth-order valence-electron chi connectivity index (χ4n) is 3.94. The molecule has 2 aromatic heterocycles. The minimum atomic E-state index is 0.860. The molecule has 0 bridgehead atoms. The molecule has 1 aliphatic rings. The van der Waals surface area contributed by atoms with Gasteiger partial charge in [0, 0.05) is 24.5 Å². The molecule has 0 saturated heterocycles. The van der Waals surface area contributed by atoms with Gasteiger partial charge in [0.25, 0.3) is 0 Å².